The Labute approximate surface area is 177 Å². The molecule has 2 aliphatic heterocycles. The Bertz CT molecular complexity index is 874. The number of aryl methyl sites for hydroxylation is 1. The normalized spacial score (nSPS) is 20.7. The zero-order chi connectivity index (χ0) is 21.3. The molecule has 162 valence electrons. The van der Waals surface area contributed by atoms with Crippen LogP contribution in [0.1, 0.15) is 37.0 Å². The Hall–Kier alpha value is -2.45. The highest BCUT2D eigenvalue weighted by atomic mass is 16.5. The standard InChI is InChI=1S/C22H30N4O4/c1-15(2)29-18-7-5-17(6-8-18)9-25-12-22(13-25)14-26(20(27)11-28-4)10-19(22)21-23-16(3)24-30-21/h5-8,15,19H,9-14H2,1-4H3. The number of amides is 1. The van der Waals surface area contributed by atoms with Gasteiger partial charge in [-0.2, -0.15) is 4.98 Å². The minimum atomic E-state index is -0.0525. The van der Waals surface area contributed by atoms with Crippen molar-refractivity contribution in [3.63, 3.8) is 0 Å². The molecule has 1 atom stereocenters. The summed E-state index contributed by atoms with van der Waals surface area (Å²) in [4.78, 5) is 21.2. The average Bonchev–Trinajstić information content (AvgIpc) is 3.27. The lowest BCUT2D eigenvalue weighted by Gasteiger charge is -2.50. The van der Waals surface area contributed by atoms with Crippen molar-refractivity contribution in [2.24, 2.45) is 5.41 Å². The van der Waals surface area contributed by atoms with Crippen LogP contribution in [-0.2, 0) is 16.1 Å². The Morgan fingerprint density at radius 3 is 2.60 bits per heavy atom. The first kappa shape index (κ1) is 20.8. The van der Waals surface area contributed by atoms with Crippen LogP contribution in [0, 0.1) is 12.3 Å². The maximum Gasteiger partial charge on any atom is 0.248 e. The van der Waals surface area contributed by atoms with Gasteiger partial charge in [0.05, 0.1) is 12.0 Å². The largest absolute Gasteiger partial charge is 0.491 e. The van der Waals surface area contributed by atoms with Gasteiger partial charge >= 0.3 is 0 Å². The summed E-state index contributed by atoms with van der Waals surface area (Å²) < 4.78 is 16.3. The summed E-state index contributed by atoms with van der Waals surface area (Å²) in [6.07, 6.45) is 0.169. The van der Waals surface area contributed by atoms with Crippen molar-refractivity contribution in [1.82, 2.24) is 19.9 Å². The number of carbonyl (C=O) groups is 1. The van der Waals surface area contributed by atoms with Crippen molar-refractivity contribution in [2.75, 3.05) is 39.9 Å². The first-order valence-electron chi connectivity index (χ1n) is 10.4. The maximum atomic E-state index is 12.4. The van der Waals surface area contributed by atoms with E-state index in [9.17, 15) is 4.79 Å². The molecule has 2 aromatic rings. The number of likely N-dealkylation sites (tertiary alicyclic amines) is 2. The van der Waals surface area contributed by atoms with E-state index in [0.29, 0.717) is 24.8 Å². The SMILES string of the molecule is COCC(=O)N1CC(c2nc(C)no2)C2(CN(Cc3ccc(OC(C)C)cc3)C2)C1. The molecular formula is C22H30N4O4. The van der Waals surface area contributed by atoms with Gasteiger partial charge in [-0.3, -0.25) is 9.69 Å². The van der Waals surface area contributed by atoms with Crippen molar-refractivity contribution in [3.8, 4) is 5.75 Å². The van der Waals surface area contributed by atoms with Gasteiger partial charge in [-0.1, -0.05) is 17.3 Å². The van der Waals surface area contributed by atoms with Gasteiger partial charge in [0.2, 0.25) is 11.8 Å². The molecular weight excluding hydrogens is 384 g/mol. The van der Waals surface area contributed by atoms with Crippen LogP contribution in [-0.4, -0.2) is 71.8 Å². The van der Waals surface area contributed by atoms with Crippen molar-refractivity contribution in [1.29, 1.82) is 0 Å². The van der Waals surface area contributed by atoms with Crippen molar-refractivity contribution in [3.05, 3.63) is 41.5 Å². The van der Waals surface area contributed by atoms with Gasteiger partial charge in [0.25, 0.3) is 0 Å². The van der Waals surface area contributed by atoms with Gasteiger partial charge in [-0.25, -0.2) is 0 Å². The van der Waals surface area contributed by atoms with E-state index in [4.69, 9.17) is 14.0 Å². The molecule has 2 fully saturated rings. The highest BCUT2D eigenvalue weighted by Gasteiger charge is 2.57. The van der Waals surface area contributed by atoms with E-state index >= 15 is 0 Å². The van der Waals surface area contributed by atoms with Crippen molar-refractivity contribution >= 4 is 5.91 Å². The molecule has 2 aliphatic rings. The molecule has 1 amide bonds. The molecule has 30 heavy (non-hydrogen) atoms. The second kappa shape index (κ2) is 8.35. The van der Waals surface area contributed by atoms with Crippen LogP contribution in [0.15, 0.2) is 28.8 Å². The number of rotatable bonds is 7. The Morgan fingerprint density at radius 1 is 1.27 bits per heavy atom. The number of benzene rings is 1. The number of ether oxygens (including phenoxy) is 2. The zero-order valence-corrected chi connectivity index (χ0v) is 18.1. The topological polar surface area (TPSA) is 80.9 Å². The number of carbonyl (C=O) groups excluding carboxylic acids is 1. The lowest BCUT2D eigenvalue weighted by atomic mass is 9.71. The predicted octanol–water partition coefficient (Wildman–Crippen LogP) is 2.24. The molecule has 1 unspecified atom stereocenters. The van der Waals surface area contributed by atoms with Crippen molar-refractivity contribution < 1.29 is 18.8 Å². The molecule has 0 aliphatic carbocycles. The van der Waals surface area contributed by atoms with Crippen LogP contribution in [0.2, 0.25) is 0 Å². The monoisotopic (exact) mass is 414 g/mol. The van der Waals surface area contributed by atoms with E-state index in [-0.39, 0.29) is 30.0 Å². The summed E-state index contributed by atoms with van der Waals surface area (Å²) in [7, 11) is 1.55. The molecule has 1 aromatic heterocycles. The summed E-state index contributed by atoms with van der Waals surface area (Å²) >= 11 is 0. The zero-order valence-electron chi connectivity index (χ0n) is 18.1. The lowest BCUT2D eigenvalue weighted by molar-refractivity contribution is -0.135. The van der Waals surface area contributed by atoms with Crippen LogP contribution in [0.3, 0.4) is 0 Å². The van der Waals surface area contributed by atoms with Gasteiger partial charge < -0.3 is 18.9 Å². The summed E-state index contributed by atoms with van der Waals surface area (Å²) in [5.41, 5.74) is 1.19. The van der Waals surface area contributed by atoms with Gasteiger partial charge in [0.1, 0.15) is 12.4 Å². The molecule has 2 saturated heterocycles. The summed E-state index contributed by atoms with van der Waals surface area (Å²) in [5, 5.41) is 3.97. The van der Waals surface area contributed by atoms with Gasteiger partial charge in [-0.15, -0.1) is 0 Å². The lowest BCUT2D eigenvalue weighted by Crippen LogP contribution is -2.59. The fourth-order valence-corrected chi connectivity index (χ4v) is 4.65. The van der Waals surface area contributed by atoms with Crippen LogP contribution in [0.4, 0.5) is 0 Å². The van der Waals surface area contributed by atoms with E-state index in [2.05, 4.69) is 27.2 Å². The molecule has 0 saturated carbocycles. The number of methoxy groups -OCH3 is 1. The first-order valence-corrected chi connectivity index (χ1v) is 10.4. The van der Waals surface area contributed by atoms with E-state index in [0.717, 1.165) is 25.4 Å². The second-order valence-electron chi connectivity index (χ2n) is 8.76. The molecule has 8 heteroatoms. The quantitative estimate of drug-likeness (QED) is 0.687. The fourth-order valence-electron chi connectivity index (χ4n) is 4.65. The summed E-state index contributed by atoms with van der Waals surface area (Å²) in [6.45, 7) is 9.90. The number of hydrogen-bond donors (Lipinski definition) is 0. The number of aromatic nitrogens is 2. The minimum absolute atomic E-state index is 0.00908. The minimum Gasteiger partial charge on any atom is -0.491 e. The fraction of sp³-hybridized carbons (Fsp3) is 0.591. The third-order valence-electron chi connectivity index (χ3n) is 5.89. The molecule has 1 spiro atoms. The Kier molecular flexibility index (Phi) is 5.79. The van der Waals surface area contributed by atoms with E-state index in [1.807, 2.05) is 37.8 Å². The smallest absolute Gasteiger partial charge is 0.248 e. The Morgan fingerprint density at radius 2 is 2.00 bits per heavy atom. The van der Waals surface area contributed by atoms with E-state index in [1.54, 1.807) is 7.11 Å². The molecule has 8 nitrogen and oxygen atoms in total. The molecule has 3 heterocycles. The third kappa shape index (κ3) is 4.20. The summed E-state index contributed by atoms with van der Waals surface area (Å²) in [6, 6.07) is 8.28. The third-order valence-corrected chi connectivity index (χ3v) is 5.89. The molecule has 0 radical (unpaired) electrons. The average molecular weight is 415 g/mol. The molecule has 4 rings (SSSR count). The molecule has 1 aromatic carbocycles. The first-order chi connectivity index (χ1) is 14.4. The van der Waals surface area contributed by atoms with Crippen LogP contribution in [0.25, 0.3) is 0 Å². The second-order valence-corrected chi connectivity index (χ2v) is 8.76. The van der Waals surface area contributed by atoms with Crippen molar-refractivity contribution in [2.45, 2.75) is 39.3 Å². The van der Waals surface area contributed by atoms with E-state index < -0.39 is 0 Å². The maximum absolute atomic E-state index is 12.4. The Balaban J connectivity index is 1.43. The highest BCUT2D eigenvalue weighted by molar-refractivity contribution is 5.78. The molecule has 0 bridgehead atoms. The van der Waals surface area contributed by atoms with Gasteiger partial charge in [-0.05, 0) is 38.5 Å². The highest BCUT2D eigenvalue weighted by Crippen LogP contribution is 2.49. The number of hydrogen-bond acceptors (Lipinski definition) is 7. The summed E-state index contributed by atoms with van der Waals surface area (Å²) in [5.74, 6) is 2.22. The van der Waals surface area contributed by atoms with Gasteiger partial charge in [0.15, 0.2) is 5.82 Å². The van der Waals surface area contributed by atoms with Crippen LogP contribution >= 0.6 is 0 Å². The number of nitrogens with zero attached hydrogens (tertiary/aromatic N) is 4. The predicted molar refractivity (Wildman–Crippen MR) is 110 cm³/mol. The van der Waals surface area contributed by atoms with Gasteiger partial charge in [0, 0.05) is 45.2 Å². The van der Waals surface area contributed by atoms with Crippen LogP contribution < -0.4 is 4.74 Å². The molecule has 0 N–H and O–H groups in total. The van der Waals surface area contributed by atoms with E-state index in [1.165, 1.54) is 5.56 Å². The van der Waals surface area contributed by atoms with Crippen LogP contribution in [0.5, 0.6) is 5.75 Å².